The Balaban J connectivity index is 2.27. The molecule has 0 atom stereocenters. The Bertz CT molecular complexity index is 618. The van der Waals surface area contributed by atoms with Gasteiger partial charge in [-0.05, 0) is 59.3 Å². The molecule has 0 aliphatic heterocycles. The van der Waals surface area contributed by atoms with Crippen LogP contribution in [0.3, 0.4) is 0 Å². The summed E-state index contributed by atoms with van der Waals surface area (Å²) in [6.45, 7) is 1.80. The van der Waals surface area contributed by atoms with Gasteiger partial charge in [-0.3, -0.25) is 0 Å². The Morgan fingerprint density at radius 3 is 2.32 bits per heavy atom. The Labute approximate surface area is 134 Å². The van der Waals surface area contributed by atoms with Crippen LogP contribution in [0.25, 0.3) is 0 Å². The molecule has 0 unspecified atom stereocenters. The highest BCUT2D eigenvalue weighted by atomic mass is 127. The van der Waals surface area contributed by atoms with Gasteiger partial charge in [0, 0.05) is 13.6 Å². The van der Waals surface area contributed by atoms with Gasteiger partial charge in [-0.15, -0.1) is 0 Å². The van der Waals surface area contributed by atoms with Crippen molar-refractivity contribution in [3.8, 4) is 5.75 Å². The average Bonchev–Trinajstić information content (AvgIpc) is 2.36. The van der Waals surface area contributed by atoms with Gasteiger partial charge in [-0.1, -0.05) is 35.3 Å². The zero-order valence-electron chi connectivity index (χ0n) is 9.91. The summed E-state index contributed by atoms with van der Waals surface area (Å²) in [6, 6.07) is 10.4. The third kappa shape index (κ3) is 3.41. The molecule has 0 heterocycles. The van der Waals surface area contributed by atoms with Gasteiger partial charge < -0.3 is 4.74 Å². The van der Waals surface area contributed by atoms with E-state index in [1.807, 2.05) is 12.1 Å². The van der Waals surface area contributed by atoms with Crippen LogP contribution < -0.4 is 4.74 Å². The first-order valence-electron chi connectivity index (χ1n) is 5.41. The second kappa shape index (κ2) is 6.11. The number of esters is 1. The zero-order chi connectivity index (χ0) is 14.0. The van der Waals surface area contributed by atoms with Gasteiger partial charge in [0.1, 0.15) is 5.75 Å². The third-order valence-electron chi connectivity index (χ3n) is 2.56. The fraction of sp³-hybridized carbons (Fsp3) is 0.0714. The third-order valence-corrected chi connectivity index (χ3v) is 4.28. The number of carbonyl (C=O) groups excluding carboxylic acids is 1. The molecular formula is C14H9Cl2IO2. The number of hydrogen-bond donors (Lipinski definition) is 0. The van der Waals surface area contributed by atoms with Gasteiger partial charge in [0.15, 0.2) is 0 Å². The summed E-state index contributed by atoms with van der Waals surface area (Å²) in [6.07, 6.45) is 0. The number of halogens is 3. The maximum Gasteiger partial charge on any atom is 0.344 e. The quantitative estimate of drug-likeness (QED) is 0.392. The molecule has 0 saturated heterocycles. The van der Waals surface area contributed by atoms with Gasteiger partial charge in [0.05, 0.1) is 5.56 Å². The lowest BCUT2D eigenvalue weighted by atomic mass is 10.2. The summed E-state index contributed by atoms with van der Waals surface area (Å²) in [5.41, 5.74) is 1.27. The minimum Gasteiger partial charge on any atom is -0.423 e. The first kappa shape index (κ1) is 14.6. The smallest absolute Gasteiger partial charge is 0.344 e. The van der Waals surface area contributed by atoms with Crippen molar-refractivity contribution >= 4 is 51.8 Å². The van der Waals surface area contributed by atoms with E-state index in [1.54, 1.807) is 31.2 Å². The molecule has 19 heavy (non-hydrogen) atoms. The minimum absolute atomic E-state index is 0.338. The lowest BCUT2D eigenvalue weighted by Gasteiger charge is -2.08. The number of hydrogen-bond acceptors (Lipinski definition) is 2. The SMILES string of the molecule is Cc1c(Cl)cc(OC(=O)c2ccccc2I)cc1Cl. The van der Waals surface area contributed by atoms with E-state index in [0.717, 1.165) is 9.13 Å². The highest BCUT2D eigenvalue weighted by molar-refractivity contribution is 14.1. The summed E-state index contributed by atoms with van der Waals surface area (Å²) in [5.74, 6) is -0.0914. The molecule has 2 rings (SSSR count). The Morgan fingerprint density at radius 1 is 1.16 bits per heavy atom. The lowest BCUT2D eigenvalue weighted by molar-refractivity contribution is 0.0733. The molecule has 0 bridgehead atoms. The van der Waals surface area contributed by atoms with Crippen LogP contribution >= 0.6 is 45.8 Å². The molecule has 0 saturated carbocycles. The standard InChI is InChI=1S/C14H9Cl2IO2/c1-8-11(15)6-9(7-12(8)16)19-14(18)10-4-2-3-5-13(10)17/h2-7H,1H3. The zero-order valence-corrected chi connectivity index (χ0v) is 13.6. The Morgan fingerprint density at radius 2 is 1.74 bits per heavy atom. The van der Waals surface area contributed by atoms with Crippen LogP contribution in [-0.2, 0) is 0 Å². The van der Waals surface area contributed by atoms with Crippen LogP contribution in [-0.4, -0.2) is 5.97 Å². The molecule has 98 valence electrons. The van der Waals surface area contributed by atoms with E-state index in [9.17, 15) is 4.79 Å². The summed E-state index contributed by atoms with van der Waals surface area (Å²) < 4.78 is 6.11. The van der Waals surface area contributed by atoms with Crippen molar-refractivity contribution in [3.63, 3.8) is 0 Å². The summed E-state index contributed by atoms with van der Waals surface area (Å²) in [7, 11) is 0. The highest BCUT2D eigenvalue weighted by Crippen LogP contribution is 2.30. The van der Waals surface area contributed by atoms with Gasteiger partial charge in [-0.2, -0.15) is 0 Å². The second-order valence-electron chi connectivity index (χ2n) is 3.88. The molecule has 0 aliphatic carbocycles. The topological polar surface area (TPSA) is 26.3 Å². The van der Waals surface area contributed by atoms with Crippen LogP contribution in [0.5, 0.6) is 5.75 Å². The number of rotatable bonds is 2. The van der Waals surface area contributed by atoms with Crippen LogP contribution in [0.1, 0.15) is 15.9 Å². The van der Waals surface area contributed by atoms with Crippen LogP contribution in [0.4, 0.5) is 0 Å². The van der Waals surface area contributed by atoms with Crippen molar-refractivity contribution in [3.05, 3.63) is 61.1 Å². The molecule has 5 heteroatoms. The fourth-order valence-corrected chi connectivity index (χ4v) is 2.54. The molecular weight excluding hydrogens is 398 g/mol. The largest absolute Gasteiger partial charge is 0.423 e. The van der Waals surface area contributed by atoms with E-state index >= 15 is 0 Å². The predicted molar refractivity (Wildman–Crippen MR) is 85.3 cm³/mol. The molecule has 2 nitrogen and oxygen atoms in total. The monoisotopic (exact) mass is 406 g/mol. The predicted octanol–water partition coefficient (Wildman–Crippen LogP) is 5.13. The molecule has 0 aromatic heterocycles. The lowest BCUT2D eigenvalue weighted by Crippen LogP contribution is -2.10. The molecule has 0 N–H and O–H groups in total. The summed E-state index contributed by atoms with van der Waals surface area (Å²) in [4.78, 5) is 12.0. The Kier molecular flexibility index (Phi) is 4.71. The maximum atomic E-state index is 12.0. The van der Waals surface area contributed by atoms with Crippen molar-refractivity contribution in [2.24, 2.45) is 0 Å². The molecule has 0 fully saturated rings. The first-order chi connectivity index (χ1) is 8.99. The van der Waals surface area contributed by atoms with E-state index in [2.05, 4.69) is 22.6 Å². The van der Waals surface area contributed by atoms with Crippen LogP contribution in [0.2, 0.25) is 10.0 Å². The number of benzene rings is 2. The first-order valence-corrected chi connectivity index (χ1v) is 7.25. The van der Waals surface area contributed by atoms with Crippen molar-refractivity contribution in [2.45, 2.75) is 6.92 Å². The summed E-state index contributed by atoms with van der Waals surface area (Å²) >= 11 is 14.1. The molecule has 2 aromatic rings. The van der Waals surface area contributed by atoms with Gasteiger partial charge in [-0.25, -0.2) is 4.79 Å². The van der Waals surface area contributed by atoms with Crippen molar-refractivity contribution in [1.29, 1.82) is 0 Å². The van der Waals surface area contributed by atoms with Crippen molar-refractivity contribution in [1.82, 2.24) is 0 Å². The molecule has 0 spiro atoms. The molecule has 0 amide bonds. The van der Waals surface area contributed by atoms with E-state index in [1.165, 1.54) is 0 Å². The number of ether oxygens (including phenoxy) is 1. The summed E-state index contributed by atoms with van der Waals surface area (Å²) in [5, 5.41) is 0.941. The fourth-order valence-electron chi connectivity index (χ4n) is 1.47. The van der Waals surface area contributed by atoms with E-state index in [-0.39, 0.29) is 0 Å². The average molecular weight is 407 g/mol. The maximum absolute atomic E-state index is 12.0. The second-order valence-corrected chi connectivity index (χ2v) is 5.86. The van der Waals surface area contributed by atoms with Crippen molar-refractivity contribution in [2.75, 3.05) is 0 Å². The molecule has 0 radical (unpaired) electrons. The van der Waals surface area contributed by atoms with Gasteiger partial charge in [0.2, 0.25) is 0 Å². The van der Waals surface area contributed by atoms with Crippen LogP contribution in [0, 0.1) is 10.5 Å². The molecule has 0 aliphatic rings. The molecule has 2 aromatic carbocycles. The Hall–Kier alpha value is -0.780. The highest BCUT2D eigenvalue weighted by Gasteiger charge is 2.13. The minimum atomic E-state index is -0.430. The van der Waals surface area contributed by atoms with Gasteiger partial charge >= 0.3 is 5.97 Å². The number of carbonyl (C=O) groups is 1. The van der Waals surface area contributed by atoms with Crippen LogP contribution in [0.15, 0.2) is 36.4 Å². The van der Waals surface area contributed by atoms with E-state index < -0.39 is 5.97 Å². The van der Waals surface area contributed by atoms with E-state index in [4.69, 9.17) is 27.9 Å². The van der Waals surface area contributed by atoms with Gasteiger partial charge in [0.25, 0.3) is 0 Å². The van der Waals surface area contributed by atoms with Crippen molar-refractivity contribution < 1.29 is 9.53 Å². The van der Waals surface area contributed by atoms with E-state index in [0.29, 0.717) is 21.4 Å². The normalized spacial score (nSPS) is 10.3.